The maximum absolute atomic E-state index is 13.6. The second kappa shape index (κ2) is 5.80. The minimum atomic E-state index is -0.493. The molecule has 2 rings (SSSR count). The molecule has 5 heteroatoms. The Kier molecular flexibility index (Phi) is 4.35. The van der Waals surface area contributed by atoms with Crippen molar-refractivity contribution in [3.8, 4) is 0 Å². The third-order valence-corrected chi connectivity index (χ3v) is 3.74. The molecule has 0 spiro atoms. The fourth-order valence-corrected chi connectivity index (χ4v) is 2.52. The Balaban J connectivity index is 2.09. The van der Waals surface area contributed by atoms with Crippen molar-refractivity contribution in [1.29, 1.82) is 0 Å². The van der Waals surface area contributed by atoms with Crippen molar-refractivity contribution in [1.82, 2.24) is 10.6 Å². The molecule has 2 N–H and O–H groups in total. The predicted molar refractivity (Wildman–Crippen MR) is 72.1 cm³/mol. The van der Waals surface area contributed by atoms with E-state index in [2.05, 4.69) is 26.6 Å². The maximum Gasteiger partial charge on any atom is 0.254 e. The van der Waals surface area contributed by atoms with Gasteiger partial charge in [-0.25, -0.2) is 4.39 Å². The molecule has 0 radical (unpaired) electrons. The number of nitrogens with one attached hydrogen (secondary N) is 2. The van der Waals surface area contributed by atoms with E-state index in [0.29, 0.717) is 4.47 Å². The van der Waals surface area contributed by atoms with Crippen molar-refractivity contribution in [3.63, 3.8) is 0 Å². The minimum Gasteiger partial charge on any atom is -0.348 e. The first-order chi connectivity index (χ1) is 8.58. The summed E-state index contributed by atoms with van der Waals surface area (Å²) in [5.41, 5.74) is 0.0853. The van der Waals surface area contributed by atoms with E-state index in [1.165, 1.54) is 12.1 Å². The van der Waals surface area contributed by atoms with Gasteiger partial charge in [-0.05, 0) is 44.5 Å². The lowest BCUT2D eigenvalue weighted by Crippen LogP contribution is -2.52. The number of halogens is 2. The first-order valence-corrected chi connectivity index (χ1v) is 6.86. The maximum atomic E-state index is 13.6. The molecule has 0 bridgehead atoms. The molecule has 18 heavy (non-hydrogen) atoms. The SMILES string of the molecule is CC1NCCCC1NC(=O)c1cc(Br)ccc1F. The van der Waals surface area contributed by atoms with Crippen LogP contribution >= 0.6 is 15.9 Å². The van der Waals surface area contributed by atoms with E-state index in [1.807, 2.05) is 6.92 Å². The first-order valence-electron chi connectivity index (χ1n) is 6.07. The molecule has 1 amide bonds. The van der Waals surface area contributed by atoms with E-state index in [9.17, 15) is 9.18 Å². The van der Waals surface area contributed by atoms with Gasteiger partial charge in [0.1, 0.15) is 5.82 Å². The van der Waals surface area contributed by atoms with E-state index in [1.54, 1.807) is 6.07 Å². The predicted octanol–water partition coefficient (Wildman–Crippen LogP) is 2.46. The molecular weight excluding hydrogens is 299 g/mol. The van der Waals surface area contributed by atoms with Crippen LogP contribution in [-0.4, -0.2) is 24.5 Å². The van der Waals surface area contributed by atoms with Crippen LogP contribution in [0.15, 0.2) is 22.7 Å². The summed E-state index contributed by atoms with van der Waals surface area (Å²) in [4.78, 5) is 12.0. The highest BCUT2D eigenvalue weighted by Crippen LogP contribution is 2.16. The van der Waals surface area contributed by atoms with Crippen LogP contribution in [0.5, 0.6) is 0 Å². The Morgan fingerprint density at radius 3 is 3.06 bits per heavy atom. The average Bonchev–Trinajstić information content (AvgIpc) is 2.35. The molecule has 0 saturated carbocycles. The van der Waals surface area contributed by atoms with Gasteiger partial charge in [0, 0.05) is 16.6 Å². The van der Waals surface area contributed by atoms with Gasteiger partial charge in [0.2, 0.25) is 0 Å². The molecule has 0 aromatic heterocycles. The summed E-state index contributed by atoms with van der Waals surface area (Å²) < 4.78 is 14.3. The van der Waals surface area contributed by atoms with Crippen molar-refractivity contribution >= 4 is 21.8 Å². The second-order valence-electron chi connectivity index (χ2n) is 4.59. The van der Waals surface area contributed by atoms with Crippen molar-refractivity contribution in [2.45, 2.75) is 31.8 Å². The van der Waals surface area contributed by atoms with E-state index >= 15 is 0 Å². The zero-order valence-corrected chi connectivity index (χ0v) is 11.8. The Morgan fingerprint density at radius 1 is 1.56 bits per heavy atom. The van der Waals surface area contributed by atoms with Crippen LogP contribution in [0.25, 0.3) is 0 Å². The molecule has 2 atom stereocenters. The summed E-state index contributed by atoms with van der Waals surface area (Å²) in [6.45, 7) is 3.00. The molecule has 0 aliphatic carbocycles. The van der Waals surface area contributed by atoms with Crippen LogP contribution in [0.3, 0.4) is 0 Å². The normalized spacial score (nSPS) is 23.7. The van der Waals surface area contributed by atoms with Crippen LogP contribution in [0.2, 0.25) is 0 Å². The highest BCUT2D eigenvalue weighted by Gasteiger charge is 2.23. The van der Waals surface area contributed by atoms with Crippen LogP contribution in [0.4, 0.5) is 4.39 Å². The zero-order chi connectivity index (χ0) is 13.1. The fourth-order valence-electron chi connectivity index (χ4n) is 2.16. The van der Waals surface area contributed by atoms with Crippen LogP contribution in [0, 0.1) is 5.82 Å². The quantitative estimate of drug-likeness (QED) is 0.880. The summed E-state index contributed by atoms with van der Waals surface area (Å²) in [6.07, 6.45) is 1.95. The Hall–Kier alpha value is -0.940. The Labute approximate surface area is 114 Å². The monoisotopic (exact) mass is 314 g/mol. The molecule has 1 aromatic rings. The molecule has 1 saturated heterocycles. The van der Waals surface area contributed by atoms with Gasteiger partial charge in [0.15, 0.2) is 0 Å². The number of piperidine rings is 1. The number of hydrogen-bond acceptors (Lipinski definition) is 2. The van der Waals surface area contributed by atoms with Gasteiger partial charge in [-0.1, -0.05) is 15.9 Å². The molecule has 1 aromatic carbocycles. The van der Waals surface area contributed by atoms with Crippen LogP contribution < -0.4 is 10.6 Å². The lowest BCUT2D eigenvalue weighted by atomic mass is 9.99. The highest BCUT2D eigenvalue weighted by atomic mass is 79.9. The lowest BCUT2D eigenvalue weighted by molar-refractivity contribution is 0.0915. The third-order valence-electron chi connectivity index (χ3n) is 3.25. The van der Waals surface area contributed by atoms with E-state index < -0.39 is 5.82 Å². The van der Waals surface area contributed by atoms with Gasteiger partial charge in [-0.15, -0.1) is 0 Å². The van der Waals surface area contributed by atoms with Crippen LogP contribution in [-0.2, 0) is 0 Å². The molecule has 98 valence electrons. The lowest BCUT2D eigenvalue weighted by Gasteiger charge is -2.30. The van der Waals surface area contributed by atoms with Crippen molar-refractivity contribution in [2.24, 2.45) is 0 Å². The summed E-state index contributed by atoms with van der Waals surface area (Å²) in [7, 11) is 0. The van der Waals surface area contributed by atoms with Gasteiger partial charge in [0.05, 0.1) is 5.56 Å². The van der Waals surface area contributed by atoms with Gasteiger partial charge in [-0.3, -0.25) is 4.79 Å². The standard InChI is InChI=1S/C13H16BrFN2O/c1-8-12(3-2-6-16-8)17-13(18)10-7-9(14)4-5-11(10)15/h4-5,7-8,12,16H,2-3,6H2,1H3,(H,17,18). The molecule has 1 fully saturated rings. The number of rotatable bonds is 2. The van der Waals surface area contributed by atoms with E-state index in [0.717, 1.165) is 19.4 Å². The topological polar surface area (TPSA) is 41.1 Å². The Morgan fingerprint density at radius 2 is 2.33 bits per heavy atom. The van der Waals surface area contributed by atoms with Crippen molar-refractivity contribution in [2.75, 3.05) is 6.54 Å². The van der Waals surface area contributed by atoms with Gasteiger partial charge < -0.3 is 10.6 Å². The zero-order valence-electron chi connectivity index (χ0n) is 10.2. The van der Waals surface area contributed by atoms with E-state index in [-0.39, 0.29) is 23.6 Å². The number of amides is 1. The molecule has 2 unspecified atom stereocenters. The number of hydrogen-bond donors (Lipinski definition) is 2. The molecule has 1 aliphatic heterocycles. The first kappa shape index (κ1) is 13.5. The molecular formula is C13H16BrFN2O. The van der Waals surface area contributed by atoms with Crippen LogP contribution in [0.1, 0.15) is 30.1 Å². The summed E-state index contributed by atoms with van der Waals surface area (Å²) >= 11 is 3.24. The second-order valence-corrected chi connectivity index (χ2v) is 5.50. The molecule has 1 aliphatic rings. The van der Waals surface area contributed by atoms with Crippen molar-refractivity contribution < 1.29 is 9.18 Å². The number of benzene rings is 1. The minimum absolute atomic E-state index is 0.0598. The Bertz CT molecular complexity index is 453. The number of carbonyl (C=O) groups excluding carboxylic acids is 1. The van der Waals surface area contributed by atoms with Gasteiger partial charge >= 0.3 is 0 Å². The molecule has 1 heterocycles. The summed E-state index contributed by atoms with van der Waals surface area (Å²) in [6, 6.07) is 4.66. The summed E-state index contributed by atoms with van der Waals surface area (Å²) in [5.74, 6) is -0.846. The van der Waals surface area contributed by atoms with Gasteiger partial charge in [-0.2, -0.15) is 0 Å². The van der Waals surface area contributed by atoms with E-state index in [4.69, 9.17) is 0 Å². The number of carbonyl (C=O) groups is 1. The highest BCUT2D eigenvalue weighted by molar-refractivity contribution is 9.10. The fraction of sp³-hybridized carbons (Fsp3) is 0.462. The van der Waals surface area contributed by atoms with Gasteiger partial charge in [0.25, 0.3) is 5.91 Å². The summed E-state index contributed by atoms with van der Waals surface area (Å²) in [5, 5.41) is 6.19. The average molecular weight is 315 g/mol. The van der Waals surface area contributed by atoms with Crippen molar-refractivity contribution in [3.05, 3.63) is 34.1 Å². The molecule has 3 nitrogen and oxygen atoms in total. The third kappa shape index (κ3) is 3.09. The largest absolute Gasteiger partial charge is 0.348 e. The smallest absolute Gasteiger partial charge is 0.254 e.